The van der Waals surface area contributed by atoms with E-state index in [0.29, 0.717) is 6.61 Å². The largest absolute Gasteiger partial charge is 1.00 e. The SMILES string of the molecule is CCOS(=O)(=O)[O-].COCCO.[Na+]. The van der Waals surface area contributed by atoms with E-state index in [1.54, 1.807) is 7.11 Å². The Labute approximate surface area is 100 Å². The van der Waals surface area contributed by atoms with Gasteiger partial charge in [-0.25, -0.2) is 8.42 Å². The molecule has 6 nitrogen and oxygen atoms in total. The van der Waals surface area contributed by atoms with Gasteiger partial charge in [0.15, 0.2) is 0 Å². The summed E-state index contributed by atoms with van der Waals surface area (Å²) in [6, 6.07) is 0. The Kier molecular flexibility index (Phi) is 19.1. The first-order valence-corrected chi connectivity index (χ1v) is 4.51. The summed E-state index contributed by atoms with van der Waals surface area (Å²) in [4.78, 5) is 0. The van der Waals surface area contributed by atoms with Gasteiger partial charge in [-0.2, -0.15) is 0 Å². The quantitative estimate of drug-likeness (QED) is 0.298. The van der Waals surface area contributed by atoms with Gasteiger partial charge in [-0.3, -0.25) is 4.18 Å². The van der Waals surface area contributed by atoms with E-state index in [4.69, 9.17) is 5.11 Å². The van der Waals surface area contributed by atoms with Gasteiger partial charge in [0.25, 0.3) is 0 Å². The molecule has 76 valence electrons. The van der Waals surface area contributed by atoms with Gasteiger partial charge in [-0.1, -0.05) is 0 Å². The molecular formula is C5H13NaO6S. The van der Waals surface area contributed by atoms with Gasteiger partial charge < -0.3 is 14.4 Å². The summed E-state index contributed by atoms with van der Waals surface area (Å²) in [5.41, 5.74) is 0. The van der Waals surface area contributed by atoms with E-state index in [0.717, 1.165) is 0 Å². The van der Waals surface area contributed by atoms with Crippen molar-refractivity contribution in [3.05, 3.63) is 0 Å². The van der Waals surface area contributed by atoms with Crippen molar-refractivity contribution in [1.82, 2.24) is 0 Å². The molecule has 13 heavy (non-hydrogen) atoms. The monoisotopic (exact) mass is 224 g/mol. The predicted molar refractivity (Wildman–Crippen MR) is 40.3 cm³/mol. The van der Waals surface area contributed by atoms with Crippen LogP contribution in [0.5, 0.6) is 0 Å². The summed E-state index contributed by atoms with van der Waals surface area (Å²) in [6.45, 7) is 1.90. The zero-order valence-electron chi connectivity index (χ0n) is 8.02. The molecule has 0 rings (SSSR count). The maximum absolute atomic E-state index is 9.45. The summed E-state index contributed by atoms with van der Waals surface area (Å²) in [5.74, 6) is 0. The summed E-state index contributed by atoms with van der Waals surface area (Å²) in [6.07, 6.45) is 0. The van der Waals surface area contributed by atoms with Crippen molar-refractivity contribution in [3.8, 4) is 0 Å². The first-order chi connectivity index (χ1) is 5.47. The van der Waals surface area contributed by atoms with Gasteiger partial charge in [0.05, 0.1) is 19.8 Å². The molecule has 0 aliphatic rings. The van der Waals surface area contributed by atoms with Crippen molar-refractivity contribution in [2.24, 2.45) is 0 Å². The third-order valence-electron chi connectivity index (χ3n) is 0.558. The van der Waals surface area contributed by atoms with E-state index >= 15 is 0 Å². The van der Waals surface area contributed by atoms with Gasteiger partial charge >= 0.3 is 29.6 Å². The van der Waals surface area contributed by atoms with Crippen LogP contribution in [0.3, 0.4) is 0 Å². The molecule has 0 amide bonds. The van der Waals surface area contributed by atoms with Crippen molar-refractivity contribution in [3.63, 3.8) is 0 Å². The molecule has 0 aliphatic heterocycles. The first-order valence-electron chi connectivity index (χ1n) is 3.18. The maximum atomic E-state index is 9.45. The van der Waals surface area contributed by atoms with Crippen molar-refractivity contribution >= 4 is 10.4 Å². The Morgan fingerprint density at radius 1 is 1.46 bits per heavy atom. The molecule has 0 radical (unpaired) electrons. The fourth-order valence-electron chi connectivity index (χ4n) is 0.236. The molecule has 0 bridgehead atoms. The number of ether oxygens (including phenoxy) is 1. The second-order valence-corrected chi connectivity index (χ2v) is 2.58. The molecule has 0 saturated heterocycles. The average Bonchev–Trinajstić information content (AvgIpc) is 1.87. The molecule has 1 N–H and O–H groups in total. The normalized spacial score (nSPS) is 9.54. The van der Waals surface area contributed by atoms with Crippen LogP contribution in [-0.2, 0) is 19.3 Å². The first kappa shape index (κ1) is 19.4. The van der Waals surface area contributed by atoms with Crippen LogP contribution in [0.15, 0.2) is 0 Å². The average molecular weight is 224 g/mol. The molecule has 8 heteroatoms. The summed E-state index contributed by atoms with van der Waals surface area (Å²) in [7, 11) is -2.87. The minimum Gasteiger partial charge on any atom is -0.726 e. The summed E-state index contributed by atoms with van der Waals surface area (Å²) < 4.78 is 36.4. The fraction of sp³-hybridized carbons (Fsp3) is 1.00. The minimum atomic E-state index is -4.42. The van der Waals surface area contributed by atoms with E-state index in [9.17, 15) is 13.0 Å². The van der Waals surface area contributed by atoms with Crippen LogP contribution < -0.4 is 29.6 Å². The standard InChI is InChI=1S/C3H8O2.C2H6O4S.Na/c1-5-3-2-4;1-2-6-7(3,4)5;/h4H,2-3H2,1H3;2H2,1H3,(H,3,4,5);/q;;+1/p-1. The van der Waals surface area contributed by atoms with E-state index in [1.807, 2.05) is 0 Å². The zero-order chi connectivity index (χ0) is 10.0. The van der Waals surface area contributed by atoms with Gasteiger partial charge in [0, 0.05) is 7.11 Å². The fourth-order valence-corrected chi connectivity index (χ4v) is 0.524. The Hall–Kier alpha value is 0.790. The van der Waals surface area contributed by atoms with E-state index in [1.165, 1.54) is 6.92 Å². The number of aliphatic hydroxyl groups excluding tert-OH is 1. The number of hydrogen-bond donors (Lipinski definition) is 1. The third-order valence-corrected chi connectivity index (χ3v) is 1.08. The van der Waals surface area contributed by atoms with Crippen molar-refractivity contribution in [1.29, 1.82) is 0 Å². The Bertz CT molecular complexity index is 166. The molecule has 0 heterocycles. The number of aliphatic hydroxyl groups is 1. The van der Waals surface area contributed by atoms with Crippen LogP contribution in [-0.4, -0.2) is 45.0 Å². The second-order valence-electron chi connectivity index (χ2n) is 1.53. The number of hydrogen-bond acceptors (Lipinski definition) is 6. The van der Waals surface area contributed by atoms with Crippen molar-refractivity contribution in [2.45, 2.75) is 6.92 Å². The van der Waals surface area contributed by atoms with Crippen LogP contribution >= 0.6 is 0 Å². The summed E-state index contributed by atoms with van der Waals surface area (Å²) in [5, 5.41) is 7.94. The molecule has 0 spiro atoms. The van der Waals surface area contributed by atoms with Crippen molar-refractivity contribution < 1.29 is 56.6 Å². The van der Waals surface area contributed by atoms with Gasteiger partial charge in [-0.05, 0) is 6.92 Å². The van der Waals surface area contributed by atoms with Gasteiger partial charge in [0.2, 0.25) is 10.4 Å². The molecular weight excluding hydrogens is 211 g/mol. The summed E-state index contributed by atoms with van der Waals surface area (Å²) >= 11 is 0. The molecule has 0 atom stereocenters. The third kappa shape index (κ3) is 32.3. The predicted octanol–water partition coefficient (Wildman–Crippen LogP) is -3.89. The maximum Gasteiger partial charge on any atom is 1.00 e. The van der Waals surface area contributed by atoms with E-state index in [-0.39, 0.29) is 42.8 Å². The van der Waals surface area contributed by atoms with E-state index < -0.39 is 10.4 Å². The van der Waals surface area contributed by atoms with Crippen LogP contribution in [0.2, 0.25) is 0 Å². The Balaban J connectivity index is -0.000000150. The number of rotatable bonds is 4. The Morgan fingerprint density at radius 2 is 1.92 bits per heavy atom. The van der Waals surface area contributed by atoms with Crippen LogP contribution in [0.4, 0.5) is 0 Å². The molecule has 0 aromatic carbocycles. The van der Waals surface area contributed by atoms with Crippen molar-refractivity contribution in [2.75, 3.05) is 26.9 Å². The van der Waals surface area contributed by atoms with Crippen LogP contribution in [0.25, 0.3) is 0 Å². The van der Waals surface area contributed by atoms with Crippen LogP contribution in [0.1, 0.15) is 6.92 Å². The number of methoxy groups -OCH3 is 1. The molecule has 0 saturated carbocycles. The zero-order valence-corrected chi connectivity index (χ0v) is 10.8. The minimum absolute atomic E-state index is 0. The Morgan fingerprint density at radius 3 is 1.92 bits per heavy atom. The molecule has 0 aromatic rings. The van der Waals surface area contributed by atoms with Gasteiger partial charge in [-0.15, -0.1) is 0 Å². The van der Waals surface area contributed by atoms with E-state index in [2.05, 4.69) is 8.92 Å². The molecule has 0 aromatic heterocycles. The molecule has 0 unspecified atom stereocenters. The second kappa shape index (κ2) is 12.8. The molecule has 0 fully saturated rings. The smallest absolute Gasteiger partial charge is 0.726 e. The topological polar surface area (TPSA) is 95.9 Å². The molecule has 0 aliphatic carbocycles. The van der Waals surface area contributed by atoms with Gasteiger partial charge in [0.1, 0.15) is 0 Å². The van der Waals surface area contributed by atoms with Crippen LogP contribution in [0, 0.1) is 0 Å².